The molecule has 0 aliphatic heterocycles. The van der Waals surface area contributed by atoms with Gasteiger partial charge in [0.25, 0.3) is 5.91 Å². The Labute approximate surface area is 174 Å². The normalized spacial score (nSPS) is 11.2. The molecule has 0 saturated carbocycles. The third-order valence-corrected chi connectivity index (χ3v) is 5.11. The second-order valence-electron chi connectivity index (χ2n) is 6.19. The molecule has 0 unspecified atom stereocenters. The van der Waals surface area contributed by atoms with E-state index in [9.17, 15) is 13.2 Å². The van der Waals surface area contributed by atoms with Crippen LogP contribution in [0.2, 0.25) is 0 Å². The van der Waals surface area contributed by atoms with E-state index in [4.69, 9.17) is 13.9 Å². The smallest absolute Gasteiger partial charge is 0.322 e. The van der Waals surface area contributed by atoms with Gasteiger partial charge in [-0.2, -0.15) is 0 Å². The lowest BCUT2D eigenvalue weighted by atomic mass is 10.2. The maximum atomic E-state index is 12.5. The lowest BCUT2D eigenvalue weighted by Crippen LogP contribution is -2.12. The molecule has 10 heteroatoms. The molecule has 3 aromatic rings. The SMILES string of the molecule is CCOc1ccc(C(=O)Nc2nnc(-c3ccc(S(C)(=O)=O)cc3)o2)cc1OCC. The monoisotopic (exact) mass is 431 g/mol. The van der Waals surface area contributed by atoms with E-state index in [2.05, 4.69) is 15.5 Å². The first-order chi connectivity index (χ1) is 14.3. The Balaban J connectivity index is 1.75. The van der Waals surface area contributed by atoms with Crippen LogP contribution in [0.5, 0.6) is 11.5 Å². The summed E-state index contributed by atoms with van der Waals surface area (Å²) in [6.45, 7) is 4.60. The van der Waals surface area contributed by atoms with Crippen molar-refractivity contribution in [1.29, 1.82) is 0 Å². The summed E-state index contributed by atoms with van der Waals surface area (Å²) in [5.74, 6) is 0.700. The Morgan fingerprint density at radius 2 is 1.67 bits per heavy atom. The van der Waals surface area contributed by atoms with Crippen LogP contribution in [0.3, 0.4) is 0 Å². The Morgan fingerprint density at radius 1 is 1.00 bits per heavy atom. The zero-order valence-electron chi connectivity index (χ0n) is 16.7. The molecule has 2 aromatic carbocycles. The van der Waals surface area contributed by atoms with E-state index in [-0.39, 0.29) is 16.8 Å². The Hall–Kier alpha value is -3.40. The van der Waals surface area contributed by atoms with Crippen LogP contribution in [0.25, 0.3) is 11.5 Å². The van der Waals surface area contributed by atoms with Crippen LogP contribution in [-0.4, -0.2) is 44.0 Å². The number of aromatic nitrogens is 2. The van der Waals surface area contributed by atoms with Crippen molar-refractivity contribution in [1.82, 2.24) is 10.2 Å². The molecule has 1 amide bonds. The van der Waals surface area contributed by atoms with Gasteiger partial charge in [0.1, 0.15) is 0 Å². The number of ether oxygens (including phenoxy) is 2. The average molecular weight is 431 g/mol. The predicted molar refractivity (Wildman–Crippen MR) is 110 cm³/mol. The number of carbonyl (C=O) groups excluding carboxylic acids is 1. The number of anilines is 1. The van der Waals surface area contributed by atoms with Gasteiger partial charge in [0.2, 0.25) is 5.89 Å². The molecule has 0 atom stereocenters. The first-order valence-electron chi connectivity index (χ1n) is 9.16. The molecule has 0 saturated heterocycles. The van der Waals surface area contributed by atoms with E-state index in [1.54, 1.807) is 30.3 Å². The highest BCUT2D eigenvalue weighted by atomic mass is 32.2. The van der Waals surface area contributed by atoms with E-state index in [1.807, 2.05) is 13.8 Å². The molecule has 0 aliphatic carbocycles. The summed E-state index contributed by atoms with van der Waals surface area (Å²) in [5, 5.41) is 10.2. The van der Waals surface area contributed by atoms with Gasteiger partial charge >= 0.3 is 6.01 Å². The number of carbonyl (C=O) groups is 1. The Kier molecular flexibility index (Phi) is 6.36. The fourth-order valence-corrected chi connectivity index (χ4v) is 3.23. The second-order valence-corrected chi connectivity index (χ2v) is 8.21. The molecule has 1 N–H and O–H groups in total. The van der Waals surface area contributed by atoms with E-state index < -0.39 is 15.7 Å². The molecule has 0 aliphatic rings. The van der Waals surface area contributed by atoms with Crippen LogP contribution in [0.15, 0.2) is 51.8 Å². The molecule has 0 radical (unpaired) electrons. The van der Waals surface area contributed by atoms with Crippen molar-refractivity contribution in [2.24, 2.45) is 0 Å². The molecule has 0 bridgehead atoms. The quantitative estimate of drug-likeness (QED) is 0.577. The molecular weight excluding hydrogens is 410 g/mol. The van der Waals surface area contributed by atoms with Gasteiger partial charge in [-0.05, 0) is 56.3 Å². The maximum absolute atomic E-state index is 12.5. The van der Waals surface area contributed by atoms with Crippen LogP contribution < -0.4 is 14.8 Å². The molecule has 158 valence electrons. The number of sulfone groups is 1. The largest absolute Gasteiger partial charge is 0.490 e. The molecule has 0 spiro atoms. The van der Waals surface area contributed by atoms with Crippen LogP contribution in [-0.2, 0) is 9.84 Å². The van der Waals surface area contributed by atoms with Crippen LogP contribution in [0.4, 0.5) is 6.01 Å². The van der Waals surface area contributed by atoms with Gasteiger partial charge in [-0.25, -0.2) is 8.42 Å². The van der Waals surface area contributed by atoms with Gasteiger partial charge in [-0.3, -0.25) is 10.1 Å². The average Bonchev–Trinajstić information content (AvgIpc) is 3.17. The molecule has 30 heavy (non-hydrogen) atoms. The van der Waals surface area contributed by atoms with Gasteiger partial charge in [-0.1, -0.05) is 5.10 Å². The zero-order valence-corrected chi connectivity index (χ0v) is 17.5. The number of nitrogens with zero attached hydrogens (tertiary/aromatic N) is 2. The third-order valence-electron chi connectivity index (χ3n) is 3.98. The van der Waals surface area contributed by atoms with Crippen molar-refractivity contribution in [3.05, 3.63) is 48.0 Å². The van der Waals surface area contributed by atoms with Gasteiger partial charge in [-0.15, -0.1) is 5.10 Å². The molecule has 1 aromatic heterocycles. The number of rotatable bonds is 8. The molecule has 9 nitrogen and oxygen atoms in total. The summed E-state index contributed by atoms with van der Waals surface area (Å²) in [4.78, 5) is 12.7. The zero-order chi connectivity index (χ0) is 21.7. The summed E-state index contributed by atoms with van der Waals surface area (Å²) >= 11 is 0. The van der Waals surface area contributed by atoms with E-state index >= 15 is 0 Å². The van der Waals surface area contributed by atoms with Crippen molar-refractivity contribution >= 4 is 21.8 Å². The van der Waals surface area contributed by atoms with Crippen LogP contribution >= 0.6 is 0 Å². The van der Waals surface area contributed by atoms with Gasteiger partial charge in [0.05, 0.1) is 18.1 Å². The second kappa shape index (κ2) is 8.95. The fourth-order valence-electron chi connectivity index (χ4n) is 2.60. The number of benzene rings is 2. The molecule has 0 fully saturated rings. The van der Waals surface area contributed by atoms with E-state index in [1.165, 1.54) is 12.1 Å². The van der Waals surface area contributed by atoms with E-state index in [0.29, 0.717) is 35.8 Å². The van der Waals surface area contributed by atoms with Crippen LogP contribution in [0.1, 0.15) is 24.2 Å². The van der Waals surface area contributed by atoms with E-state index in [0.717, 1.165) is 6.26 Å². The summed E-state index contributed by atoms with van der Waals surface area (Å²) < 4.78 is 39.6. The Morgan fingerprint density at radius 3 is 2.30 bits per heavy atom. The van der Waals surface area contributed by atoms with Crippen molar-refractivity contribution in [2.45, 2.75) is 18.7 Å². The maximum Gasteiger partial charge on any atom is 0.322 e. The predicted octanol–water partition coefficient (Wildman–Crippen LogP) is 3.19. The minimum atomic E-state index is -3.30. The molecule has 1 heterocycles. The molecule has 3 rings (SSSR count). The minimum absolute atomic E-state index is 0.0889. The minimum Gasteiger partial charge on any atom is -0.490 e. The van der Waals surface area contributed by atoms with Crippen molar-refractivity contribution in [2.75, 3.05) is 24.8 Å². The standard InChI is InChI=1S/C20H21N3O6S/c1-4-27-16-11-8-14(12-17(16)28-5-2)18(24)21-20-23-22-19(29-20)13-6-9-15(10-7-13)30(3,25)26/h6-12H,4-5H2,1-3H3,(H,21,23,24). The topological polar surface area (TPSA) is 121 Å². The highest BCUT2D eigenvalue weighted by Crippen LogP contribution is 2.29. The van der Waals surface area contributed by atoms with Crippen molar-refractivity contribution in [3.63, 3.8) is 0 Å². The lowest BCUT2D eigenvalue weighted by Gasteiger charge is -2.11. The highest BCUT2D eigenvalue weighted by Gasteiger charge is 2.16. The number of nitrogens with one attached hydrogen (secondary N) is 1. The first-order valence-corrected chi connectivity index (χ1v) is 11.1. The van der Waals surface area contributed by atoms with Crippen molar-refractivity contribution in [3.8, 4) is 23.0 Å². The number of hydrogen-bond donors (Lipinski definition) is 1. The molecular formula is C20H21N3O6S. The number of hydrogen-bond acceptors (Lipinski definition) is 8. The first kappa shape index (κ1) is 21.3. The highest BCUT2D eigenvalue weighted by molar-refractivity contribution is 7.90. The van der Waals surface area contributed by atoms with Gasteiger partial charge in [0.15, 0.2) is 21.3 Å². The summed E-state index contributed by atoms with van der Waals surface area (Å²) in [5.41, 5.74) is 0.856. The van der Waals surface area contributed by atoms with Crippen molar-refractivity contribution < 1.29 is 27.1 Å². The van der Waals surface area contributed by atoms with Gasteiger partial charge < -0.3 is 13.9 Å². The fraction of sp³-hybridized carbons (Fsp3) is 0.250. The third kappa shape index (κ3) is 4.95. The summed E-state index contributed by atoms with van der Waals surface area (Å²) in [6.07, 6.45) is 1.13. The summed E-state index contributed by atoms with van der Waals surface area (Å²) in [6, 6.07) is 10.7. The van der Waals surface area contributed by atoms with Gasteiger partial charge in [0, 0.05) is 17.4 Å². The summed E-state index contributed by atoms with van der Waals surface area (Å²) in [7, 11) is -3.30. The lowest BCUT2D eigenvalue weighted by molar-refractivity contribution is 0.102. The van der Waals surface area contributed by atoms with Crippen LogP contribution in [0, 0.1) is 0 Å². The Bertz CT molecular complexity index is 1140. The number of amides is 1.